The Labute approximate surface area is 141 Å². The van der Waals surface area contributed by atoms with E-state index in [0.29, 0.717) is 0 Å². The molecule has 0 saturated carbocycles. The molecule has 0 saturated heterocycles. The van der Waals surface area contributed by atoms with E-state index in [9.17, 15) is 9.90 Å². The Morgan fingerprint density at radius 3 is 2.75 bits per heavy atom. The Kier molecular flexibility index (Phi) is 4.56. The van der Waals surface area contributed by atoms with Gasteiger partial charge in [-0.2, -0.15) is 0 Å². The van der Waals surface area contributed by atoms with Crippen LogP contribution in [0.1, 0.15) is 36.0 Å². The minimum atomic E-state index is -0.816. The summed E-state index contributed by atoms with van der Waals surface area (Å²) in [5.41, 5.74) is 4.28. The molecule has 24 heavy (non-hydrogen) atoms. The Hall–Kier alpha value is -2.75. The van der Waals surface area contributed by atoms with E-state index in [0.717, 1.165) is 34.2 Å². The average molecular weight is 323 g/mol. The highest BCUT2D eigenvalue weighted by atomic mass is 16.5. The summed E-state index contributed by atoms with van der Waals surface area (Å²) in [6, 6.07) is 13.8. The van der Waals surface area contributed by atoms with Gasteiger partial charge in [0.1, 0.15) is 5.75 Å². The van der Waals surface area contributed by atoms with Crippen molar-refractivity contribution in [2.75, 3.05) is 7.11 Å². The molecule has 4 heteroatoms. The van der Waals surface area contributed by atoms with Crippen LogP contribution in [0, 0.1) is 0 Å². The van der Waals surface area contributed by atoms with Crippen LogP contribution >= 0.6 is 0 Å². The third-order valence-electron chi connectivity index (χ3n) is 4.46. The number of ether oxygens (including phenoxy) is 1. The molecule has 0 unspecified atom stereocenters. The number of aromatic amines is 1. The third-order valence-corrected chi connectivity index (χ3v) is 4.46. The second-order valence-corrected chi connectivity index (χ2v) is 5.86. The molecular formula is C20H21NO3. The molecule has 1 atom stereocenters. The van der Waals surface area contributed by atoms with Crippen LogP contribution in [-0.2, 0) is 11.2 Å². The normalized spacial score (nSPS) is 12.2. The second kappa shape index (κ2) is 6.79. The fourth-order valence-electron chi connectivity index (χ4n) is 3.26. The fourth-order valence-corrected chi connectivity index (χ4v) is 3.26. The Morgan fingerprint density at radius 1 is 1.25 bits per heavy atom. The molecule has 0 bridgehead atoms. The summed E-state index contributed by atoms with van der Waals surface area (Å²) in [4.78, 5) is 14.8. The number of aryl methyl sites for hydroxylation is 1. The van der Waals surface area contributed by atoms with E-state index in [4.69, 9.17) is 4.74 Å². The van der Waals surface area contributed by atoms with Gasteiger partial charge in [0.25, 0.3) is 0 Å². The summed E-state index contributed by atoms with van der Waals surface area (Å²) in [5, 5.41) is 10.5. The van der Waals surface area contributed by atoms with Gasteiger partial charge in [0.15, 0.2) is 0 Å². The van der Waals surface area contributed by atoms with E-state index in [1.54, 1.807) is 7.11 Å². The minimum absolute atomic E-state index is 0.0382. The second-order valence-electron chi connectivity index (χ2n) is 5.86. The molecule has 0 radical (unpaired) electrons. The largest absolute Gasteiger partial charge is 0.497 e. The van der Waals surface area contributed by atoms with Gasteiger partial charge in [-0.25, -0.2) is 0 Å². The molecule has 0 aliphatic heterocycles. The smallest absolute Gasteiger partial charge is 0.304 e. The van der Waals surface area contributed by atoms with Gasteiger partial charge in [-0.3, -0.25) is 4.79 Å². The lowest BCUT2D eigenvalue weighted by Crippen LogP contribution is -2.08. The van der Waals surface area contributed by atoms with Crippen LogP contribution in [0.4, 0.5) is 0 Å². The SMILES string of the molecule is CCc1cccc2c([C@@H](CC(=O)O)c3cccc(OC)c3)c[nH]c12. The van der Waals surface area contributed by atoms with Gasteiger partial charge in [0.2, 0.25) is 0 Å². The van der Waals surface area contributed by atoms with Crippen LogP contribution < -0.4 is 4.74 Å². The van der Waals surface area contributed by atoms with Gasteiger partial charge in [-0.05, 0) is 35.2 Å². The molecule has 0 aliphatic carbocycles. The number of aromatic nitrogens is 1. The van der Waals surface area contributed by atoms with Crippen molar-refractivity contribution < 1.29 is 14.6 Å². The van der Waals surface area contributed by atoms with Crippen molar-refractivity contribution in [2.24, 2.45) is 0 Å². The van der Waals surface area contributed by atoms with Crippen molar-refractivity contribution >= 4 is 16.9 Å². The summed E-state index contributed by atoms with van der Waals surface area (Å²) < 4.78 is 5.30. The molecule has 0 aliphatic rings. The summed E-state index contributed by atoms with van der Waals surface area (Å²) in [6.45, 7) is 2.12. The van der Waals surface area contributed by atoms with Crippen LogP contribution in [0.5, 0.6) is 5.75 Å². The van der Waals surface area contributed by atoms with Crippen LogP contribution in [0.15, 0.2) is 48.7 Å². The summed E-state index contributed by atoms with van der Waals surface area (Å²) in [6.07, 6.45) is 2.91. The predicted molar refractivity (Wildman–Crippen MR) is 94.8 cm³/mol. The maximum Gasteiger partial charge on any atom is 0.304 e. The number of carbonyl (C=O) groups is 1. The first-order valence-electron chi connectivity index (χ1n) is 8.08. The van der Waals surface area contributed by atoms with Crippen molar-refractivity contribution in [2.45, 2.75) is 25.7 Å². The lowest BCUT2D eigenvalue weighted by Gasteiger charge is -2.16. The van der Waals surface area contributed by atoms with Crippen molar-refractivity contribution in [1.82, 2.24) is 4.98 Å². The Balaban J connectivity index is 2.14. The fraction of sp³-hybridized carbons (Fsp3) is 0.250. The van der Waals surface area contributed by atoms with Crippen molar-refractivity contribution in [1.29, 1.82) is 0 Å². The lowest BCUT2D eigenvalue weighted by molar-refractivity contribution is -0.137. The number of para-hydroxylation sites is 1. The topological polar surface area (TPSA) is 62.3 Å². The number of hydrogen-bond donors (Lipinski definition) is 2. The zero-order chi connectivity index (χ0) is 17.1. The lowest BCUT2D eigenvalue weighted by atomic mass is 9.88. The Morgan fingerprint density at radius 2 is 2.04 bits per heavy atom. The highest BCUT2D eigenvalue weighted by Crippen LogP contribution is 2.35. The summed E-state index contributed by atoms with van der Waals surface area (Å²) >= 11 is 0. The monoisotopic (exact) mass is 323 g/mol. The molecule has 3 rings (SSSR count). The highest BCUT2D eigenvalue weighted by Gasteiger charge is 2.22. The number of rotatable bonds is 6. The van der Waals surface area contributed by atoms with Gasteiger partial charge in [-0.15, -0.1) is 0 Å². The van der Waals surface area contributed by atoms with Crippen LogP contribution in [0.2, 0.25) is 0 Å². The number of fused-ring (bicyclic) bond motifs is 1. The first-order chi connectivity index (χ1) is 11.6. The maximum atomic E-state index is 11.5. The molecule has 4 nitrogen and oxygen atoms in total. The number of carboxylic acids is 1. The van der Waals surface area contributed by atoms with Crippen molar-refractivity contribution in [3.8, 4) is 5.75 Å². The van der Waals surface area contributed by atoms with Crippen LogP contribution in [0.25, 0.3) is 10.9 Å². The predicted octanol–water partition coefficient (Wildman–Crippen LogP) is 4.35. The zero-order valence-electron chi connectivity index (χ0n) is 13.9. The third kappa shape index (κ3) is 3.00. The molecular weight excluding hydrogens is 302 g/mol. The summed E-state index contributed by atoms with van der Waals surface area (Å²) in [7, 11) is 1.62. The maximum absolute atomic E-state index is 11.5. The zero-order valence-corrected chi connectivity index (χ0v) is 13.9. The number of carboxylic acid groups (broad SMARTS) is 1. The minimum Gasteiger partial charge on any atom is -0.497 e. The van der Waals surface area contributed by atoms with E-state index < -0.39 is 5.97 Å². The number of methoxy groups -OCH3 is 1. The molecule has 124 valence electrons. The standard InChI is InChI=1S/C20H21NO3/c1-3-13-6-5-9-16-18(12-21-20(13)16)17(11-19(22)23)14-7-4-8-15(10-14)24-2/h4-10,12,17,21H,3,11H2,1-2H3,(H,22,23)/t17-/m0/s1. The molecule has 2 N–H and O–H groups in total. The molecule has 2 aromatic carbocycles. The highest BCUT2D eigenvalue weighted by molar-refractivity contribution is 5.87. The van der Waals surface area contributed by atoms with Gasteiger partial charge in [-0.1, -0.05) is 37.3 Å². The van der Waals surface area contributed by atoms with Crippen LogP contribution in [-0.4, -0.2) is 23.2 Å². The van der Waals surface area contributed by atoms with Gasteiger partial charge >= 0.3 is 5.97 Å². The molecule has 0 amide bonds. The molecule has 3 aromatic rings. The van der Waals surface area contributed by atoms with E-state index in [2.05, 4.69) is 24.0 Å². The van der Waals surface area contributed by atoms with Gasteiger partial charge in [0, 0.05) is 23.0 Å². The molecule has 1 aromatic heterocycles. The molecule has 0 fully saturated rings. The number of benzene rings is 2. The van der Waals surface area contributed by atoms with Crippen molar-refractivity contribution in [3.05, 3.63) is 65.4 Å². The van der Waals surface area contributed by atoms with E-state index >= 15 is 0 Å². The number of nitrogens with one attached hydrogen (secondary N) is 1. The first kappa shape index (κ1) is 16.1. The summed E-state index contributed by atoms with van der Waals surface area (Å²) in [5.74, 6) is -0.306. The first-order valence-corrected chi connectivity index (χ1v) is 8.08. The van der Waals surface area contributed by atoms with Crippen molar-refractivity contribution in [3.63, 3.8) is 0 Å². The van der Waals surface area contributed by atoms with E-state index in [-0.39, 0.29) is 12.3 Å². The van der Waals surface area contributed by atoms with E-state index in [1.807, 2.05) is 36.5 Å². The van der Waals surface area contributed by atoms with Crippen LogP contribution in [0.3, 0.4) is 0 Å². The average Bonchev–Trinajstić information content (AvgIpc) is 3.03. The number of hydrogen-bond acceptors (Lipinski definition) is 2. The quantitative estimate of drug-likeness (QED) is 0.709. The van der Waals surface area contributed by atoms with Gasteiger partial charge < -0.3 is 14.8 Å². The number of aliphatic carboxylic acids is 1. The number of H-pyrrole nitrogens is 1. The molecule has 0 spiro atoms. The van der Waals surface area contributed by atoms with Gasteiger partial charge in [0.05, 0.1) is 13.5 Å². The van der Waals surface area contributed by atoms with E-state index in [1.165, 1.54) is 5.56 Å². The Bertz CT molecular complexity index is 866. The molecule has 1 heterocycles.